The largest absolute Gasteiger partial charge is 0.515 e. The molecule has 22 heavy (non-hydrogen) atoms. The third-order valence-electron chi connectivity index (χ3n) is 3.13. The lowest BCUT2D eigenvalue weighted by molar-refractivity contribution is -0.152. The van der Waals surface area contributed by atoms with Gasteiger partial charge in [0.1, 0.15) is 0 Å². The molecule has 0 heterocycles. The Kier molecular flexibility index (Phi) is 6.62. The first kappa shape index (κ1) is 17.7. The molecule has 118 valence electrons. The van der Waals surface area contributed by atoms with Gasteiger partial charge in [-0.3, -0.25) is 4.79 Å². The van der Waals surface area contributed by atoms with Crippen LogP contribution < -0.4 is 5.32 Å². The van der Waals surface area contributed by atoms with Crippen molar-refractivity contribution in [2.45, 2.75) is 19.3 Å². The molecule has 0 aliphatic rings. The molecule has 8 heteroatoms. The Hall–Kier alpha value is -2.32. The smallest absolute Gasteiger partial charge is 0.475 e. The van der Waals surface area contributed by atoms with Crippen molar-refractivity contribution in [1.82, 2.24) is 5.32 Å². The van der Waals surface area contributed by atoms with Crippen molar-refractivity contribution in [3.8, 4) is 0 Å². The number of carbonyl (C=O) groups is 2. The molecule has 0 spiro atoms. The highest BCUT2D eigenvalue weighted by atomic mass is 16.5. The fourth-order valence-corrected chi connectivity index (χ4v) is 1.95. The van der Waals surface area contributed by atoms with E-state index in [1.54, 1.807) is 12.1 Å². The van der Waals surface area contributed by atoms with Crippen LogP contribution in [0.25, 0.3) is 5.57 Å². The van der Waals surface area contributed by atoms with Gasteiger partial charge < -0.3 is 25.2 Å². The van der Waals surface area contributed by atoms with Crippen LogP contribution in [0.3, 0.4) is 0 Å². The van der Waals surface area contributed by atoms with Gasteiger partial charge in [0.2, 0.25) is 0 Å². The molecule has 1 aromatic rings. The lowest BCUT2D eigenvalue weighted by atomic mass is 9.74. The Morgan fingerprint density at radius 1 is 1.36 bits per heavy atom. The van der Waals surface area contributed by atoms with E-state index in [4.69, 9.17) is 0 Å². The number of aryl methyl sites for hydroxylation is 1. The SMILES string of the molecule is COC(=O)C(=O)N[C@@H](C/C(=C/O)c1ccccc1C)B(O)O. The quantitative estimate of drug-likeness (QED) is 0.262. The molecule has 1 atom stereocenters. The van der Waals surface area contributed by atoms with Crippen molar-refractivity contribution >= 4 is 24.6 Å². The minimum Gasteiger partial charge on any atom is -0.515 e. The Morgan fingerprint density at radius 2 is 2.00 bits per heavy atom. The Balaban J connectivity index is 2.92. The highest BCUT2D eigenvalue weighted by molar-refractivity contribution is 6.45. The van der Waals surface area contributed by atoms with Gasteiger partial charge in [0.25, 0.3) is 0 Å². The van der Waals surface area contributed by atoms with Crippen molar-refractivity contribution in [3.05, 3.63) is 41.7 Å². The molecule has 0 fully saturated rings. The summed E-state index contributed by atoms with van der Waals surface area (Å²) in [6.07, 6.45) is 0.754. The number of nitrogens with one attached hydrogen (secondary N) is 1. The highest BCUT2D eigenvalue weighted by Crippen LogP contribution is 2.23. The zero-order valence-electron chi connectivity index (χ0n) is 12.3. The molecule has 0 bridgehead atoms. The molecule has 0 aliphatic heterocycles. The van der Waals surface area contributed by atoms with E-state index in [9.17, 15) is 24.7 Å². The average Bonchev–Trinajstić information content (AvgIpc) is 2.50. The van der Waals surface area contributed by atoms with Gasteiger partial charge in [-0.2, -0.15) is 0 Å². The normalized spacial score (nSPS) is 12.5. The predicted molar refractivity (Wildman–Crippen MR) is 80.5 cm³/mol. The van der Waals surface area contributed by atoms with Crippen LogP contribution in [0, 0.1) is 6.92 Å². The molecule has 0 saturated heterocycles. The lowest BCUT2D eigenvalue weighted by Gasteiger charge is -2.19. The molecule has 1 rings (SSSR count). The second-order valence-electron chi connectivity index (χ2n) is 4.66. The molecule has 0 aromatic heterocycles. The van der Waals surface area contributed by atoms with Gasteiger partial charge >= 0.3 is 19.0 Å². The second kappa shape index (κ2) is 8.21. The number of amides is 1. The molecule has 4 N–H and O–H groups in total. The molecule has 1 aromatic carbocycles. The van der Waals surface area contributed by atoms with Crippen molar-refractivity contribution in [3.63, 3.8) is 0 Å². The summed E-state index contributed by atoms with van der Waals surface area (Å²) in [5.74, 6) is -3.41. The van der Waals surface area contributed by atoms with E-state index in [-0.39, 0.29) is 6.42 Å². The number of aliphatic hydroxyl groups excluding tert-OH is 1. The van der Waals surface area contributed by atoms with Crippen LogP contribution in [0.1, 0.15) is 17.5 Å². The topological polar surface area (TPSA) is 116 Å². The van der Waals surface area contributed by atoms with Crippen LogP contribution in [-0.4, -0.2) is 47.2 Å². The van der Waals surface area contributed by atoms with Crippen LogP contribution in [0.4, 0.5) is 0 Å². The van der Waals surface area contributed by atoms with E-state index in [1.165, 1.54) is 0 Å². The number of aliphatic hydroxyl groups is 1. The number of hydrogen-bond acceptors (Lipinski definition) is 6. The van der Waals surface area contributed by atoms with E-state index in [1.807, 2.05) is 19.1 Å². The minimum absolute atomic E-state index is 0.0816. The minimum atomic E-state index is -1.91. The second-order valence-corrected chi connectivity index (χ2v) is 4.66. The van der Waals surface area contributed by atoms with Gasteiger partial charge in [0.15, 0.2) is 0 Å². The Morgan fingerprint density at radius 3 is 2.50 bits per heavy atom. The summed E-state index contributed by atoms with van der Waals surface area (Å²) in [5.41, 5.74) is 1.96. The number of methoxy groups -OCH3 is 1. The van der Waals surface area contributed by atoms with Gasteiger partial charge in [-0.05, 0) is 30.0 Å². The van der Waals surface area contributed by atoms with E-state index < -0.39 is 24.9 Å². The fourth-order valence-electron chi connectivity index (χ4n) is 1.95. The first-order valence-electron chi connectivity index (χ1n) is 6.55. The van der Waals surface area contributed by atoms with Crippen LogP contribution in [-0.2, 0) is 14.3 Å². The summed E-state index contributed by atoms with van der Waals surface area (Å²) in [4.78, 5) is 22.6. The average molecular weight is 307 g/mol. The molecule has 7 nitrogen and oxygen atoms in total. The Labute approximate surface area is 128 Å². The summed E-state index contributed by atoms with van der Waals surface area (Å²) < 4.78 is 4.25. The molecule has 1 amide bonds. The highest BCUT2D eigenvalue weighted by Gasteiger charge is 2.29. The van der Waals surface area contributed by atoms with Gasteiger partial charge in [-0.1, -0.05) is 24.3 Å². The summed E-state index contributed by atoms with van der Waals surface area (Å²) >= 11 is 0. The van der Waals surface area contributed by atoms with E-state index in [0.29, 0.717) is 11.1 Å². The summed E-state index contributed by atoms with van der Waals surface area (Å²) in [5, 5.41) is 30.3. The van der Waals surface area contributed by atoms with Gasteiger partial charge in [-0.15, -0.1) is 0 Å². The maximum atomic E-state index is 11.5. The van der Waals surface area contributed by atoms with Crippen LogP contribution in [0.2, 0.25) is 0 Å². The molecule has 0 saturated carbocycles. The number of hydrogen-bond donors (Lipinski definition) is 4. The maximum Gasteiger partial charge on any atom is 0.475 e. The van der Waals surface area contributed by atoms with Crippen LogP contribution in [0.5, 0.6) is 0 Å². The molecular weight excluding hydrogens is 289 g/mol. The fraction of sp³-hybridized carbons (Fsp3) is 0.286. The first-order chi connectivity index (χ1) is 10.4. The number of esters is 1. The molecule has 0 radical (unpaired) electrons. The summed E-state index contributed by atoms with van der Waals surface area (Å²) in [7, 11) is -0.869. The standard InChI is InChI=1S/C14H18BNO6/c1-9-5-3-4-6-11(9)10(8-17)7-12(15(20)21)16-13(18)14(19)22-2/h3-6,8,12,17,20-21H,7H2,1-2H3,(H,16,18)/b10-8-/t12-/m0/s1. The third-order valence-corrected chi connectivity index (χ3v) is 3.13. The van der Waals surface area contributed by atoms with Crippen molar-refractivity contribution < 1.29 is 29.5 Å². The number of ether oxygens (including phenoxy) is 1. The van der Waals surface area contributed by atoms with Crippen LogP contribution in [0.15, 0.2) is 30.5 Å². The molecule has 0 unspecified atom stereocenters. The first-order valence-corrected chi connectivity index (χ1v) is 6.55. The van der Waals surface area contributed by atoms with Crippen LogP contribution >= 0.6 is 0 Å². The van der Waals surface area contributed by atoms with Crippen molar-refractivity contribution in [2.75, 3.05) is 7.11 Å². The lowest BCUT2D eigenvalue weighted by Crippen LogP contribution is -2.49. The zero-order chi connectivity index (χ0) is 16.7. The summed E-state index contributed by atoms with van der Waals surface area (Å²) in [6.45, 7) is 1.83. The van der Waals surface area contributed by atoms with E-state index >= 15 is 0 Å². The summed E-state index contributed by atoms with van der Waals surface area (Å²) in [6, 6.07) is 7.17. The molecular formula is C14H18BNO6. The van der Waals surface area contributed by atoms with Crippen molar-refractivity contribution in [2.24, 2.45) is 0 Å². The zero-order valence-corrected chi connectivity index (χ0v) is 12.3. The van der Waals surface area contributed by atoms with Gasteiger partial charge in [0, 0.05) is 0 Å². The monoisotopic (exact) mass is 307 g/mol. The Bertz CT molecular complexity index is 572. The van der Waals surface area contributed by atoms with E-state index in [2.05, 4.69) is 10.1 Å². The number of carbonyl (C=O) groups excluding carboxylic acids is 2. The number of benzene rings is 1. The predicted octanol–water partition coefficient (Wildman–Crippen LogP) is -0.0462. The van der Waals surface area contributed by atoms with E-state index in [0.717, 1.165) is 18.9 Å². The van der Waals surface area contributed by atoms with Gasteiger partial charge in [-0.25, -0.2) is 4.79 Å². The van der Waals surface area contributed by atoms with Crippen molar-refractivity contribution in [1.29, 1.82) is 0 Å². The molecule has 0 aliphatic carbocycles. The number of rotatable bonds is 5. The third kappa shape index (κ3) is 4.61. The van der Waals surface area contributed by atoms with Gasteiger partial charge in [0.05, 0.1) is 19.3 Å². The maximum absolute atomic E-state index is 11.5.